The first-order chi connectivity index (χ1) is 23.3. The minimum absolute atomic E-state index is 0.0651. The SMILES string of the molecule is COc1ccc([C@@H]2OCC(C)(C)C(C(=O)O)O2)cc1.NCCC(O)C(=O)NCC1CCN(S(=O)(=O)c2ccc(N3CCCC3=O)cc2)CC1. The van der Waals surface area contributed by atoms with Crippen LogP contribution in [0.25, 0.3) is 0 Å². The lowest BCUT2D eigenvalue weighted by atomic mass is 9.86. The van der Waals surface area contributed by atoms with E-state index >= 15 is 0 Å². The van der Waals surface area contributed by atoms with Crippen molar-refractivity contribution in [2.75, 3.05) is 51.3 Å². The Bertz CT molecular complexity index is 1530. The van der Waals surface area contributed by atoms with E-state index in [-0.39, 0.29) is 29.7 Å². The number of carbonyl (C=O) groups excluding carboxylic acids is 2. The number of aliphatic carboxylic acids is 1. The number of hydrogen-bond donors (Lipinski definition) is 4. The number of carboxylic acid groups (broad SMARTS) is 1. The number of aliphatic hydroxyl groups is 1. The van der Waals surface area contributed by atoms with E-state index in [2.05, 4.69) is 5.32 Å². The van der Waals surface area contributed by atoms with Gasteiger partial charge in [-0.1, -0.05) is 26.0 Å². The zero-order chi connectivity index (χ0) is 35.8. The fraction of sp³-hybridized carbons (Fsp3) is 0.559. The van der Waals surface area contributed by atoms with Crippen molar-refractivity contribution < 1.29 is 47.2 Å². The Morgan fingerprint density at radius 2 is 1.73 bits per heavy atom. The van der Waals surface area contributed by atoms with Gasteiger partial charge in [-0.2, -0.15) is 4.31 Å². The van der Waals surface area contributed by atoms with Crippen LogP contribution in [0, 0.1) is 11.3 Å². The Morgan fingerprint density at radius 3 is 2.29 bits per heavy atom. The average Bonchev–Trinajstić information content (AvgIpc) is 3.53. The lowest BCUT2D eigenvalue weighted by Gasteiger charge is -2.39. The Kier molecular flexibility index (Phi) is 13.2. The Balaban J connectivity index is 0.000000244. The monoisotopic (exact) mass is 704 g/mol. The lowest BCUT2D eigenvalue weighted by molar-refractivity contribution is -0.264. The van der Waals surface area contributed by atoms with E-state index in [0.29, 0.717) is 52.0 Å². The number of carbonyl (C=O) groups is 3. The first kappa shape index (κ1) is 38.2. The molecule has 2 aromatic rings. The summed E-state index contributed by atoms with van der Waals surface area (Å²) in [6.45, 7) is 6.03. The quantitative estimate of drug-likeness (QED) is 0.268. The molecule has 0 aromatic heterocycles. The van der Waals surface area contributed by atoms with Gasteiger partial charge >= 0.3 is 5.97 Å². The van der Waals surface area contributed by atoms with Gasteiger partial charge in [0.15, 0.2) is 12.4 Å². The number of ether oxygens (including phenoxy) is 3. The highest BCUT2D eigenvalue weighted by atomic mass is 32.2. The second-order valence-corrected chi connectivity index (χ2v) is 15.0. The van der Waals surface area contributed by atoms with Gasteiger partial charge in [-0.3, -0.25) is 9.59 Å². The second kappa shape index (κ2) is 16.9. The molecule has 5 N–H and O–H groups in total. The molecule has 0 radical (unpaired) electrons. The van der Waals surface area contributed by atoms with E-state index in [1.54, 1.807) is 60.5 Å². The van der Waals surface area contributed by atoms with E-state index in [4.69, 9.17) is 19.9 Å². The summed E-state index contributed by atoms with van der Waals surface area (Å²) < 4.78 is 43.6. The number of rotatable bonds is 11. The second-order valence-electron chi connectivity index (χ2n) is 13.1. The summed E-state index contributed by atoms with van der Waals surface area (Å²) in [7, 11) is -2.01. The van der Waals surface area contributed by atoms with Crippen LogP contribution >= 0.6 is 0 Å². The van der Waals surface area contributed by atoms with Gasteiger partial charge in [-0.15, -0.1) is 0 Å². The molecule has 0 spiro atoms. The van der Waals surface area contributed by atoms with Crippen LogP contribution in [-0.4, -0.2) is 99.4 Å². The number of nitrogens with one attached hydrogen (secondary N) is 1. The van der Waals surface area contributed by atoms with Crippen LogP contribution in [0.1, 0.15) is 57.8 Å². The Morgan fingerprint density at radius 1 is 1.08 bits per heavy atom. The van der Waals surface area contributed by atoms with Crippen LogP contribution in [0.15, 0.2) is 53.4 Å². The van der Waals surface area contributed by atoms with E-state index in [9.17, 15) is 33.0 Å². The Hall–Kier alpha value is -3.60. The van der Waals surface area contributed by atoms with Crippen molar-refractivity contribution in [1.82, 2.24) is 9.62 Å². The summed E-state index contributed by atoms with van der Waals surface area (Å²) >= 11 is 0. The predicted molar refractivity (Wildman–Crippen MR) is 180 cm³/mol. The standard InChI is InChI=1S/C20H30N4O5S.C14H18O5/c21-10-7-18(25)20(27)22-14-15-8-12-23(13-9-15)30(28,29)17-5-3-16(4-6-17)24-11-1-2-19(24)26;1-14(2)8-18-13(19-11(14)12(15)16)9-4-6-10(17-3)7-5-9/h3-6,15,18,25H,1-2,7-14,21H2,(H,22,27);4-7,11,13H,8H2,1-3H3,(H,15,16)/t;11?,13-/m.1/s1. The normalized spacial score (nSPS) is 22.1. The number of nitrogens with zero attached hydrogens (tertiary/aromatic N) is 2. The molecule has 15 heteroatoms. The van der Waals surface area contributed by atoms with E-state index < -0.39 is 45.8 Å². The number of hydrogen-bond acceptors (Lipinski definition) is 10. The maximum absolute atomic E-state index is 12.9. The minimum atomic E-state index is -3.60. The third-order valence-electron chi connectivity index (χ3n) is 8.93. The fourth-order valence-corrected chi connectivity index (χ4v) is 7.38. The number of anilines is 1. The Labute approximate surface area is 287 Å². The summed E-state index contributed by atoms with van der Waals surface area (Å²) in [5.41, 5.74) is 6.29. The summed E-state index contributed by atoms with van der Waals surface area (Å²) in [5.74, 6) is -0.446. The summed E-state index contributed by atoms with van der Waals surface area (Å²) in [6.07, 6.45) is 0.192. The molecule has 0 aliphatic carbocycles. The van der Waals surface area contributed by atoms with Gasteiger partial charge in [0.05, 0.1) is 18.6 Å². The molecule has 14 nitrogen and oxygen atoms in total. The molecular weight excluding hydrogens is 656 g/mol. The zero-order valence-electron chi connectivity index (χ0n) is 28.2. The molecular formula is C34H48N4O10S. The number of amides is 2. The van der Waals surface area contributed by atoms with Crippen molar-refractivity contribution in [1.29, 1.82) is 0 Å². The molecule has 2 unspecified atom stereocenters. The van der Waals surface area contributed by atoms with Gasteiger partial charge in [0, 0.05) is 49.3 Å². The van der Waals surface area contributed by atoms with E-state index in [0.717, 1.165) is 23.4 Å². The van der Waals surface area contributed by atoms with Crippen LogP contribution < -0.4 is 20.7 Å². The number of nitrogens with two attached hydrogens (primary N) is 1. The molecule has 2 aromatic carbocycles. The average molecular weight is 705 g/mol. The highest BCUT2D eigenvalue weighted by Crippen LogP contribution is 2.37. The lowest BCUT2D eigenvalue weighted by Crippen LogP contribution is -2.47. The van der Waals surface area contributed by atoms with Crippen LogP contribution in [-0.2, 0) is 33.9 Å². The summed E-state index contributed by atoms with van der Waals surface area (Å²) in [5, 5.41) is 21.6. The summed E-state index contributed by atoms with van der Waals surface area (Å²) in [6, 6.07) is 13.7. The largest absolute Gasteiger partial charge is 0.497 e. The molecule has 49 heavy (non-hydrogen) atoms. The topological polar surface area (TPSA) is 198 Å². The van der Waals surface area contributed by atoms with Crippen molar-refractivity contribution >= 4 is 33.5 Å². The third kappa shape index (κ3) is 9.77. The van der Waals surface area contributed by atoms with Gasteiger partial charge in [-0.25, -0.2) is 13.2 Å². The molecule has 3 aliphatic rings. The first-order valence-corrected chi connectivity index (χ1v) is 17.9. The molecule has 0 saturated carbocycles. The molecule has 2 amide bonds. The van der Waals surface area contributed by atoms with E-state index in [1.165, 1.54) is 4.31 Å². The van der Waals surface area contributed by atoms with Crippen LogP contribution in [0.3, 0.4) is 0 Å². The molecule has 5 rings (SSSR count). The van der Waals surface area contributed by atoms with Crippen molar-refractivity contribution in [2.24, 2.45) is 17.1 Å². The minimum Gasteiger partial charge on any atom is -0.497 e. The highest BCUT2D eigenvalue weighted by Gasteiger charge is 2.43. The summed E-state index contributed by atoms with van der Waals surface area (Å²) in [4.78, 5) is 36.8. The van der Waals surface area contributed by atoms with Crippen molar-refractivity contribution in [3.63, 3.8) is 0 Å². The number of sulfonamides is 1. The van der Waals surface area contributed by atoms with Gasteiger partial charge < -0.3 is 40.4 Å². The molecule has 3 fully saturated rings. The first-order valence-electron chi connectivity index (χ1n) is 16.5. The van der Waals surface area contributed by atoms with Crippen LogP contribution in [0.4, 0.5) is 5.69 Å². The fourth-order valence-electron chi connectivity index (χ4n) is 5.92. The maximum atomic E-state index is 12.9. The van der Waals surface area contributed by atoms with Gasteiger partial charge in [0.25, 0.3) is 0 Å². The number of benzene rings is 2. The third-order valence-corrected chi connectivity index (χ3v) is 10.8. The molecule has 3 aliphatic heterocycles. The number of piperidine rings is 1. The molecule has 3 saturated heterocycles. The van der Waals surface area contributed by atoms with Crippen molar-refractivity contribution in [3.05, 3.63) is 54.1 Å². The number of carboxylic acids is 1. The highest BCUT2D eigenvalue weighted by molar-refractivity contribution is 7.89. The van der Waals surface area contributed by atoms with Gasteiger partial charge in [0.1, 0.15) is 11.9 Å². The van der Waals surface area contributed by atoms with Crippen LogP contribution in [0.5, 0.6) is 5.75 Å². The molecule has 3 heterocycles. The predicted octanol–water partition coefficient (Wildman–Crippen LogP) is 2.26. The molecule has 0 bridgehead atoms. The number of aliphatic hydroxyl groups excluding tert-OH is 1. The van der Waals surface area contributed by atoms with Crippen molar-refractivity contribution in [3.8, 4) is 5.75 Å². The zero-order valence-corrected chi connectivity index (χ0v) is 29.1. The molecule has 3 atom stereocenters. The van der Waals surface area contributed by atoms with Gasteiger partial charge in [0.2, 0.25) is 21.8 Å². The van der Waals surface area contributed by atoms with Crippen LogP contribution in [0.2, 0.25) is 0 Å². The molecule has 270 valence electrons. The maximum Gasteiger partial charge on any atom is 0.333 e. The van der Waals surface area contributed by atoms with Crippen molar-refractivity contribution in [2.45, 2.75) is 69.3 Å². The van der Waals surface area contributed by atoms with E-state index in [1.807, 2.05) is 13.8 Å². The number of methoxy groups -OCH3 is 1. The van der Waals surface area contributed by atoms with Gasteiger partial charge in [-0.05, 0) is 74.5 Å². The smallest absolute Gasteiger partial charge is 0.333 e.